The predicted octanol–water partition coefficient (Wildman–Crippen LogP) is 9.70. The van der Waals surface area contributed by atoms with E-state index in [0.29, 0.717) is 45.3 Å². The van der Waals surface area contributed by atoms with Gasteiger partial charge in [-0.2, -0.15) is 0 Å². The van der Waals surface area contributed by atoms with Crippen LogP contribution >= 0.6 is 0 Å². The van der Waals surface area contributed by atoms with E-state index in [1.807, 2.05) is 0 Å². The molecule has 0 saturated heterocycles. The second kappa shape index (κ2) is 45.0. The van der Waals surface area contributed by atoms with Gasteiger partial charge in [-0.05, 0) is 51.5 Å². The molecule has 354 valence electrons. The molecule has 0 saturated carbocycles. The lowest BCUT2D eigenvalue weighted by Crippen LogP contribution is -2.41. The number of unbranched alkanes of at least 4 members (excludes halogenated alkanes) is 25. The average molecular weight is 854 g/mol. The standard InChI is InChI=1S/C49H95N3O8/c1-3-5-7-9-11-15-19-23-27-35-49(59)60-39-31-25-21-17-14-12-13-16-18-22-26-34-47(57)52-45(36-38-53)46(56)33-29-28-32-43(42-54)51-48(58)40-44(55)41-50-37-30-24-20-10-8-6-4-2/h43-45,50,53-55H,3-42H2,1-2H3,(H,51,58)(H,52,57)/t43-,44-,45-/m1/s1. The molecule has 3 atom stereocenters. The molecule has 0 bridgehead atoms. The van der Waals surface area contributed by atoms with Crippen LogP contribution in [0, 0.1) is 0 Å². The van der Waals surface area contributed by atoms with Crippen molar-refractivity contribution in [3.05, 3.63) is 0 Å². The highest BCUT2D eigenvalue weighted by atomic mass is 16.5. The van der Waals surface area contributed by atoms with Gasteiger partial charge < -0.3 is 36.0 Å². The average Bonchev–Trinajstić information content (AvgIpc) is 3.23. The second-order valence-electron chi connectivity index (χ2n) is 17.4. The number of ketones is 1. The summed E-state index contributed by atoms with van der Waals surface area (Å²) in [7, 11) is 0. The van der Waals surface area contributed by atoms with E-state index < -0.39 is 18.2 Å². The highest BCUT2D eigenvalue weighted by Crippen LogP contribution is 2.14. The van der Waals surface area contributed by atoms with Gasteiger partial charge in [0.15, 0.2) is 5.78 Å². The van der Waals surface area contributed by atoms with Crippen molar-refractivity contribution in [1.29, 1.82) is 0 Å². The first-order valence-electron chi connectivity index (χ1n) is 25.1. The van der Waals surface area contributed by atoms with E-state index in [2.05, 4.69) is 29.8 Å². The van der Waals surface area contributed by atoms with Gasteiger partial charge in [-0.1, -0.05) is 168 Å². The summed E-state index contributed by atoms with van der Waals surface area (Å²) >= 11 is 0. The summed E-state index contributed by atoms with van der Waals surface area (Å²) in [5.74, 6) is -0.621. The van der Waals surface area contributed by atoms with Crippen LogP contribution in [0.3, 0.4) is 0 Å². The van der Waals surface area contributed by atoms with E-state index in [9.17, 15) is 34.5 Å². The molecule has 0 aliphatic heterocycles. The summed E-state index contributed by atoms with van der Waals surface area (Å²) in [5.41, 5.74) is 0. The number of aliphatic hydroxyl groups excluding tert-OH is 3. The quantitative estimate of drug-likeness (QED) is 0.0257. The van der Waals surface area contributed by atoms with Gasteiger partial charge in [-0.15, -0.1) is 0 Å². The van der Waals surface area contributed by atoms with Crippen LogP contribution in [0.25, 0.3) is 0 Å². The normalized spacial score (nSPS) is 12.9. The van der Waals surface area contributed by atoms with Crippen molar-refractivity contribution < 1.29 is 39.2 Å². The summed E-state index contributed by atoms with van der Waals surface area (Å²) < 4.78 is 5.41. The molecule has 0 aliphatic carbocycles. The Bertz CT molecular complexity index is 1000. The highest BCUT2D eigenvalue weighted by molar-refractivity contribution is 5.89. The topological polar surface area (TPSA) is 174 Å². The number of carbonyl (C=O) groups excluding carboxylic acids is 4. The number of esters is 1. The molecule has 2 amide bonds. The first-order valence-corrected chi connectivity index (χ1v) is 25.1. The maximum Gasteiger partial charge on any atom is 0.305 e. The summed E-state index contributed by atoms with van der Waals surface area (Å²) in [4.78, 5) is 49.8. The van der Waals surface area contributed by atoms with E-state index in [-0.39, 0.29) is 56.0 Å². The lowest BCUT2D eigenvalue weighted by atomic mass is 10.0. The van der Waals surface area contributed by atoms with Gasteiger partial charge in [-0.25, -0.2) is 0 Å². The molecular weight excluding hydrogens is 759 g/mol. The van der Waals surface area contributed by atoms with Crippen LogP contribution in [0.4, 0.5) is 0 Å². The van der Waals surface area contributed by atoms with E-state index in [1.165, 1.54) is 116 Å². The Morgan fingerprint density at radius 1 is 0.517 bits per heavy atom. The van der Waals surface area contributed by atoms with Gasteiger partial charge in [-0.3, -0.25) is 19.2 Å². The van der Waals surface area contributed by atoms with Crippen molar-refractivity contribution in [3.63, 3.8) is 0 Å². The number of hydrogen-bond donors (Lipinski definition) is 6. The van der Waals surface area contributed by atoms with Gasteiger partial charge in [0.1, 0.15) is 0 Å². The van der Waals surface area contributed by atoms with Crippen LogP contribution in [0.5, 0.6) is 0 Å². The lowest BCUT2D eigenvalue weighted by Gasteiger charge is -2.19. The minimum absolute atomic E-state index is 0.0368. The van der Waals surface area contributed by atoms with E-state index in [1.54, 1.807) is 0 Å². The van der Waals surface area contributed by atoms with Crippen LogP contribution in [0.15, 0.2) is 0 Å². The Morgan fingerprint density at radius 3 is 1.53 bits per heavy atom. The Balaban J connectivity index is 3.86. The number of amides is 2. The van der Waals surface area contributed by atoms with Gasteiger partial charge in [0.05, 0.1) is 37.8 Å². The summed E-state index contributed by atoms with van der Waals surface area (Å²) in [6.45, 7) is 5.76. The molecule has 0 aromatic rings. The molecule has 0 unspecified atom stereocenters. The molecule has 0 aromatic carbocycles. The Morgan fingerprint density at radius 2 is 1.00 bits per heavy atom. The van der Waals surface area contributed by atoms with Crippen molar-refractivity contribution in [3.8, 4) is 0 Å². The van der Waals surface area contributed by atoms with E-state index >= 15 is 0 Å². The first-order chi connectivity index (χ1) is 29.3. The van der Waals surface area contributed by atoms with Gasteiger partial charge in [0.25, 0.3) is 0 Å². The third-order valence-corrected chi connectivity index (χ3v) is 11.5. The fraction of sp³-hybridized carbons (Fsp3) is 0.918. The van der Waals surface area contributed by atoms with Crippen LogP contribution in [-0.4, -0.2) is 90.0 Å². The summed E-state index contributed by atoms with van der Waals surface area (Å²) in [6, 6.07) is -1.16. The fourth-order valence-electron chi connectivity index (χ4n) is 7.65. The molecule has 0 rings (SSSR count). The molecular formula is C49H95N3O8. The SMILES string of the molecule is CCCCCCCCCCCC(=O)OCCCCCCCCCCCCCC(=O)N[C@H](CCO)C(=O)CCCC[C@H](CO)NC(=O)C[C@@H](O)CNCCCCCCCCC. The number of carbonyl (C=O) groups is 4. The van der Waals surface area contributed by atoms with Gasteiger partial charge in [0.2, 0.25) is 11.8 Å². The third-order valence-electron chi connectivity index (χ3n) is 11.5. The molecule has 60 heavy (non-hydrogen) atoms. The van der Waals surface area contributed by atoms with Crippen molar-refractivity contribution in [2.45, 2.75) is 257 Å². The zero-order valence-electron chi connectivity index (χ0n) is 38.9. The fourth-order valence-corrected chi connectivity index (χ4v) is 7.65. The molecule has 0 fully saturated rings. The summed E-state index contributed by atoms with van der Waals surface area (Å²) in [6.07, 6.45) is 34.1. The Labute approximate surface area is 367 Å². The largest absolute Gasteiger partial charge is 0.466 e. The number of nitrogens with one attached hydrogen (secondary N) is 3. The zero-order chi connectivity index (χ0) is 44.2. The lowest BCUT2D eigenvalue weighted by molar-refractivity contribution is -0.144. The molecule has 11 heteroatoms. The minimum Gasteiger partial charge on any atom is -0.466 e. The van der Waals surface area contributed by atoms with Crippen LogP contribution < -0.4 is 16.0 Å². The predicted molar refractivity (Wildman–Crippen MR) is 246 cm³/mol. The number of hydrogen-bond acceptors (Lipinski definition) is 9. The van der Waals surface area contributed by atoms with Crippen LogP contribution in [0.2, 0.25) is 0 Å². The van der Waals surface area contributed by atoms with Crippen LogP contribution in [-0.2, 0) is 23.9 Å². The van der Waals surface area contributed by atoms with Gasteiger partial charge in [0, 0.05) is 32.4 Å². The molecule has 0 aromatic heterocycles. The maximum absolute atomic E-state index is 12.9. The number of ether oxygens (including phenoxy) is 1. The first kappa shape index (κ1) is 57.9. The number of Topliss-reactive ketones (excluding diaryl/α,β-unsaturated/α-hetero) is 1. The maximum atomic E-state index is 12.9. The van der Waals surface area contributed by atoms with E-state index in [4.69, 9.17) is 4.74 Å². The van der Waals surface area contributed by atoms with Crippen molar-refractivity contribution in [2.75, 3.05) is 32.9 Å². The smallest absolute Gasteiger partial charge is 0.305 e. The van der Waals surface area contributed by atoms with Gasteiger partial charge >= 0.3 is 5.97 Å². The van der Waals surface area contributed by atoms with E-state index in [0.717, 1.165) is 64.3 Å². The Hall–Kier alpha value is -2.08. The molecule has 0 aliphatic rings. The third kappa shape index (κ3) is 40.0. The monoisotopic (exact) mass is 854 g/mol. The van der Waals surface area contributed by atoms with Crippen LogP contribution in [0.1, 0.15) is 239 Å². The Kier molecular flexibility index (Phi) is 43.4. The molecule has 6 N–H and O–H groups in total. The number of rotatable bonds is 47. The second-order valence-corrected chi connectivity index (χ2v) is 17.4. The molecule has 0 heterocycles. The van der Waals surface area contributed by atoms with Crippen molar-refractivity contribution >= 4 is 23.6 Å². The highest BCUT2D eigenvalue weighted by Gasteiger charge is 2.20. The molecule has 0 radical (unpaired) electrons. The van der Waals surface area contributed by atoms with Crippen molar-refractivity contribution in [1.82, 2.24) is 16.0 Å². The molecule has 11 nitrogen and oxygen atoms in total. The van der Waals surface area contributed by atoms with Crippen molar-refractivity contribution in [2.24, 2.45) is 0 Å². The molecule has 0 spiro atoms. The zero-order valence-corrected chi connectivity index (χ0v) is 38.9. The number of aliphatic hydroxyl groups is 3. The minimum atomic E-state index is -0.794. The summed E-state index contributed by atoms with van der Waals surface area (Å²) in [5, 5.41) is 38.4.